The highest BCUT2D eigenvalue weighted by molar-refractivity contribution is 7.13. The molecule has 0 bridgehead atoms. The number of nitrogens with one attached hydrogen (secondary N) is 4. The van der Waals surface area contributed by atoms with Crippen LogP contribution in [-0.4, -0.2) is 177 Å². The molecule has 0 radical (unpaired) electrons. The van der Waals surface area contributed by atoms with Gasteiger partial charge in [0.2, 0.25) is 29.5 Å². The first kappa shape index (κ1) is 57.6. The molecule has 5 aromatic rings. The lowest BCUT2D eigenvalue weighted by molar-refractivity contribution is -0.144. The number of hydrogen-bond acceptors (Lipinski definition) is 15. The van der Waals surface area contributed by atoms with Crippen LogP contribution < -0.4 is 26.0 Å². The van der Waals surface area contributed by atoms with Gasteiger partial charge in [-0.2, -0.15) is 0 Å². The van der Waals surface area contributed by atoms with Gasteiger partial charge in [-0.15, -0.1) is 11.3 Å². The van der Waals surface area contributed by atoms with Crippen LogP contribution in [0.1, 0.15) is 57.7 Å². The number of thiazole rings is 1. The Morgan fingerprint density at radius 1 is 0.910 bits per heavy atom. The topological polar surface area (TPSA) is 218 Å². The van der Waals surface area contributed by atoms with E-state index >= 15 is 0 Å². The number of aliphatic hydroxyl groups excluding tert-OH is 1. The second-order valence-electron chi connectivity index (χ2n) is 21.1. The standard InChI is InChI=1S/C56H70ClFN12O7S/c1-6-48(72)64-45-30-41-44(60-34-61-53(41)63-39-12-13-43(58)42(57)28-39)31-47(45)77-27-7-16-66-23-25-69(26-24-66)50(74)15-18-68-21-19-67(20-22-68)17-14-49(73)65-52(56(3,4)5)55(76)70-33-40(71)29-46(70)54(75)59-32-37-8-10-38(11-9-37)51-36(2)62-35-78-51/h6,8-13,28,30-31,34-35,40,46,52,71H,1,7,14-27,29,32-33H2,2-5H3,(H,59,75)(H,64,72)(H,65,73)(H,60,61,63)/t40-,46?,52-/m1/s1. The molecule has 1 unspecified atom stereocenters. The minimum absolute atomic E-state index is 0.00306. The maximum atomic E-state index is 14.2. The van der Waals surface area contributed by atoms with Gasteiger partial charge in [0.15, 0.2) is 0 Å². The SMILES string of the molecule is C=CC(=O)Nc1cc2c(Nc3ccc(F)c(Cl)c3)ncnc2cc1OCCCN1CCN(C(=O)CCN2CCN(CCC(=O)N[C@H](C(=O)N3C[C@H](O)CC3C(=O)NCc3ccc(-c4scnc4C)cc3)C(C)(C)C)CC2)CC1. The quantitative estimate of drug-likeness (QED) is 0.0431. The van der Waals surface area contributed by atoms with Crippen LogP contribution in [0, 0.1) is 18.2 Å². The van der Waals surface area contributed by atoms with Crippen molar-refractivity contribution in [3.63, 3.8) is 0 Å². The molecule has 19 nitrogen and oxygen atoms in total. The van der Waals surface area contributed by atoms with Crippen molar-refractivity contribution < 1.29 is 38.2 Å². The smallest absolute Gasteiger partial charge is 0.247 e. The number of amides is 5. The first-order chi connectivity index (χ1) is 37.4. The molecule has 3 fully saturated rings. The number of anilines is 3. The average Bonchev–Trinajstić information content (AvgIpc) is 4.08. The van der Waals surface area contributed by atoms with E-state index in [9.17, 15) is 33.5 Å². The molecule has 0 spiro atoms. The average molecular weight is 1110 g/mol. The van der Waals surface area contributed by atoms with Crippen molar-refractivity contribution >= 4 is 80.6 Å². The Balaban J connectivity index is 0.720. The van der Waals surface area contributed by atoms with E-state index in [0.29, 0.717) is 79.5 Å². The van der Waals surface area contributed by atoms with Crippen molar-refractivity contribution in [1.29, 1.82) is 0 Å². The Bertz CT molecular complexity index is 2940. The fraction of sp³-hybridized carbons (Fsp3) is 0.464. The molecule has 5 heterocycles. The predicted octanol–water partition coefficient (Wildman–Crippen LogP) is 5.84. The van der Waals surface area contributed by atoms with Crippen LogP contribution in [0.15, 0.2) is 79.1 Å². The van der Waals surface area contributed by atoms with Gasteiger partial charge in [-0.1, -0.05) is 63.2 Å². The highest BCUT2D eigenvalue weighted by Gasteiger charge is 2.44. The van der Waals surface area contributed by atoms with E-state index in [1.165, 1.54) is 29.4 Å². The van der Waals surface area contributed by atoms with Crippen LogP contribution in [0.3, 0.4) is 0 Å². The van der Waals surface area contributed by atoms with E-state index in [1.54, 1.807) is 29.5 Å². The predicted molar refractivity (Wildman–Crippen MR) is 300 cm³/mol. The summed E-state index contributed by atoms with van der Waals surface area (Å²) in [6, 6.07) is 13.8. The molecular formula is C56H70ClFN12O7S. The molecule has 22 heteroatoms. The Morgan fingerprint density at radius 3 is 2.27 bits per heavy atom. The number of aryl methyl sites for hydroxylation is 1. The Morgan fingerprint density at radius 2 is 1.60 bits per heavy atom. The maximum absolute atomic E-state index is 14.2. The Hall–Kier alpha value is -6.62. The molecule has 3 saturated heterocycles. The van der Waals surface area contributed by atoms with Gasteiger partial charge < -0.3 is 50.7 Å². The van der Waals surface area contributed by atoms with Crippen LogP contribution in [-0.2, 0) is 30.5 Å². The largest absolute Gasteiger partial charge is 0.491 e. The van der Waals surface area contributed by atoms with Crippen molar-refractivity contribution in [3.8, 4) is 16.2 Å². The molecule has 5 N–H and O–H groups in total. The molecule has 0 aliphatic carbocycles. The van der Waals surface area contributed by atoms with E-state index in [4.69, 9.17) is 16.3 Å². The van der Waals surface area contributed by atoms with E-state index in [2.05, 4.69) is 57.5 Å². The number of nitrogens with zero attached hydrogens (tertiary/aromatic N) is 8. The normalized spacial score (nSPS) is 17.9. The number of ether oxygens (including phenoxy) is 1. The number of halogens is 2. The maximum Gasteiger partial charge on any atom is 0.247 e. The summed E-state index contributed by atoms with van der Waals surface area (Å²) in [6.07, 6.45) is 3.14. The number of carbonyl (C=O) groups excluding carboxylic acids is 5. The van der Waals surface area contributed by atoms with Gasteiger partial charge >= 0.3 is 0 Å². The molecular weight excluding hydrogens is 1040 g/mol. The summed E-state index contributed by atoms with van der Waals surface area (Å²) in [6.45, 7) is 19.5. The minimum Gasteiger partial charge on any atom is -0.491 e. The molecule has 3 aliphatic rings. The van der Waals surface area contributed by atoms with Gasteiger partial charge in [0.25, 0.3) is 0 Å². The monoisotopic (exact) mass is 1110 g/mol. The zero-order valence-electron chi connectivity index (χ0n) is 44.7. The third-order valence-corrected chi connectivity index (χ3v) is 15.7. The molecule has 3 aliphatic heterocycles. The second kappa shape index (κ2) is 26.4. The number of aliphatic hydroxyl groups is 1. The number of benzene rings is 3. The van der Waals surface area contributed by atoms with Crippen molar-refractivity contribution in [2.24, 2.45) is 5.41 Å². The summed E-state index contributed by atoms with van der Waals surface area (Å²) < 4.78 is 20.0. The van der Waals surface area contributed by atoms with E-state index in [-0.39, 0.29) is 48.7 Å². The summed E-state index contributed by atoms with van der Waals surface area (Å²) in [5, 5.41) is 23.1. The van der Waals surface area contributed by atoms with Gasteiger partial charge in [-0.25, -0.2) is 19.3 Å². The van der Waals surface area contributed by atoms with E-state index in [1.807, 2.05) is 62.4 Å². The zero-order valence-corrected chi connectivity index (χ0v) is 46.3. The van der Waals surface area contributed by atoms with Crippen LogP contribution in [0.2, 0.25) is 5.02 Å². The molecule has 416 valence electrons. The minimum atomic E-state index is -0.906. The van der Waals surface area contributed by atoms with Gasteiger partial charge in [-0.05, 0) is 60.2 Å². The van der Waals surface area contributed by atoms with E-state index in [0.717, 1.165) is 67.5 Å². The lowest BCUT2D eigenvalue weighted by Gasteiger charge is -2.37. The van der Waals surface area contributed by atoms with Crippen LogP contribution in [0.4, 0.5) is 21.6 Å². The summed E-state index contributed by atoms with van der Waals surface area (Å²) in [5.41, 5.74) is 5.56. The lowest BCUT2D eigenvalue weighted by atomic mass is 9.85. The number of β-amino-alcohol motifs (C(OH)–C–C–N with tert-alkyl or cyclic N) is 1. The van der Waals surface area contributed by atoms with Crippen molar-refractivity contribution in [1.82, 2.24) is 50.1 Å². The number of likely N-dealkylation sites (tertiary alicyclic amines) is 1. The zero-order chi connectivity index (χ0) is 55.5. The van der Waals surface area contributed by atoms with Crippen LogP contribution >= 0.6 is 22.9 Å². The third kappa shape index (κ3) is 15.1. The molecule has 78 heavy (non-hydrogen) atoms. The van der Waals surface area contributed by atoms with Gasteiger partial charge in [-0.3, -0.25) is 28.9 Å². The summed E-state index contributed by atoms with van der Waals surface area (Å²) in [5.74, 6) is -0.967. The third-order valence-electron chi connectivity index (χ3n) is 14.4. The highest BCUT2D eigenvalue weighted by Crippen LogP contribution is 2.35. The number of rotatable bonds is 21. The molecule has 2 aromatic heterocycles. The van der Waals surface area contributed by atoms with Crippen LogP contribution in [0.25, 0.3) is 21.3 Å². The first-order valence-corrected chi connectivity index (χ1v) is 27.7. The number of hydrogen-bond donors (Lipinski definition) is 5. The number of fused-ring (bicyclic) bond motifs is 1. The van der Waals surface area contributed by atoms with Gasteiger partial charge in [0, 0.05) is 121 Å². The molecule has 8 rings (SSSR count). The fourth-order valence-electron chi connectivity index (χ4n) is 9.91. The van der Waals surface area contributed by atoms with Crippen molar-refractivity contribution in [2.45, 2.75) is 78.1 Å². The first-order valence-electron chi connectivity index (χ1n) is 26.5. The number of carbonyl (C=O) groups is 5. The van der Waals surface area contributed by atoms with Crippen molar-refractivity contribution in [2.75, 3.05) is 95.8 Å². The number of piperazine rings is 2. The van der Waals surface area contributed by atoms with Gasteiger partial charge in [0.05, 0.1) is 45.0 Å². The van der Waals surface area contributed by atoms with E-state index < -0.39 is 41.2 Å². The number of aromatic nitrogens is 3. The van der Waals surface area contributed by atoms with Gasteiger partial charge in [0.1, 0.15) is 35.8 Å². The molecule has 0 saturated carbocycles. The molecule has 3 aromatic carbocycles. The Labute approximate surface area is 463 Å². The second-order valence-corrected chi connectivity index (χ2v) is 22.3. The summed E-state index contributed by atoms with van der Waals surface area (Å²) in [4.78, 5) is 91.3. The fourth-order valence-corrected chi connectivity index (χ4v) is 10.9. The molecule has 5 amide bonds. The summed E-state index contributed by atoms with van der Waals surface area (Å²) >= 11 is 7.56. The Kier molecular flexibility index (Phi) is 19.4. The highest BCUT2D eigenvalue weighted by atomic mass is 35.5. The lowest BCUT2D eigenvalue weighted by Crippen LogP contribution is -2.58. The summed E-state index contributed by atoms with van der Waals surface area (Å²) in [7, 11) is 0. The van der Waals surface area contributed by atoms with Crippen molar-refractivity contribution in [3.05, 3.63) is 101 Å². The molecule has 3 atom stereocenters. The van der Waals surface area contributed by atoms with Crippen LogP contribution in [0.5, 0.6) is 5.75 Å².